The monoisotopic (exact) mass is 363 g/mol. The fourth-order valence-electron chi connectivity index (χ4n) is 5.32. The maximum atomic E-state index is 12.8. The number of likely N-dealkylation sites (tertiary alicyclic amines) is 2. The molecule has 1 N–H and O–H groups in total. The summed E-state index contributed by atoms with van der Waals surface area (Å²) < 4.78 is 0. The smallest absolute Gasteiger partial charge is 0.242 e. The second-order valence-corrected chi connectivity index (χ2v) is 9.02. The first kappa shape index (κ1) is 19.7. The average Bonchev–Trinajstić information content (AvgIpc) is 3.11. The van der Waals surface area contributed by atoms with Gasteiger partial charge in [0.1, 0.15) is 6.04 Å². The molecule has 148 valence electrons. The van der Waals surface area contributed by atoms with Crippen LogP contribution < -0.4 is 5.32 Å². The van der Waals surface area contributed by atoms with Crippen molar-refractivity contribution in [1.82, 2.24) is 15.1 Å². The highest BCUT2D eigenvalue weighted by Gasteiger charge is 2.37. The minimum Gasteiger partial charge on any atom is -0.353 e. The quantitative estimate of drug-likeness (QED) is 0.817. The zero-order valence-corrected chi connectivity index (χ0v) is 16.7. The van der Waals surface area contributed by atoms with Crippen molar-refractivity contribution < 1.29 is 9.59 Å². The van der Waals surface area contributed by atoms with Crippen molar-refractivity contribution in [3.63, 3.8) is 0 Å². The van der Waals surface area contributed by atoms with Gasteiger partial charge in [0.2, 0.25) is 11.8 Å². The van der Waals surface area contributed by atoms with Gasteiger partial charge in [0.15, 0.2) is 0 Å². The second kappa shape index (κ2) is 9.20. The molecule has 1 aliphatic carbocycles. The van der Waals surface area contributed by atoms with E-state index in [0.29, 0.717) is 6.54 Å². The van der Waals surface area contributed by atoms with Gasteiger partial charge in [-0.05, 0) is 43.9 Å². The second-order valence-electron chi connectivity index (χ2n) is 9.02. The molecular weight excluding hydrogens is 326 g/mol. The highest BCUT2D eigenvalue weighted by molar-refractivity contribution is 5.89. The van der Waals surface area contributed by atoms with Crippen LogP contribution in [0.25, 0.3) is 0 Å². The van der Waals surface area contributed by atoms with Crippen LogP contribution in [0.3, 0.4) is 0 Å². The molecule has 0 spiro atoms. The van der Waals surface area contributed by atoms with Gasteiger partial charge in [-0.3, -0.25) is 9.59 Å². The lowest BCUT2D eigenvalue weighted by atomic mass is 9.88. The van der Waals surface area contributed by atoms with Crippen LogP contribution in [0.4, 0.5) is 0 Å². The van der Waals surface area contributed by atoms with Crippen LogP contribution in [0.5, 0.6) is 0 Å². The topological polar surface area (TPSA) is 52.7 Å². The Morgan fingerprint density at radius 1 is 0.962 bits per heavy atom. The molecule has 2 amide bonds. The molecule has 3 unspecified atom stereocenters. The van der Waals surface area contributed by atoms with E-state index in [4.69, 9.17) is 0 Å². The van der Waals surface area contributed by atoms with E-state index in [0.717, 1.165) is 76.5 Å². The first-order valence-electron chi connectivity index (χ1n) is 10.8. The lowest BCUT2D eigenvalue weighted by Gasteiger charge is -2.35. The maximum Gasteiger partial charge on any atom is 0.242 e. The fourth-order valence-corrected chi connectivity index (χ4v) is 5.32. The van der Waals surface area contributed by atoms with Crippen molar-refractivity contribution in [3.8, 4) is 0 Å². The minimum absolute atomic E-state index is 0.0600. The Morgan fingerprint density at radius 3 is 2.35 bits per heavy atom. The number of nitrogens with zero attached hydrogens (tertiary/aromatic N) is 2. The number of hydrogen-bond acceptors (Lipinski definition) is 3. The van der Waals surface area contributed by atoms with Crippen LogP contribution in [0.15, 0.2) is 0 Å². The Balaban J connectivity index is 1.45. The van der Waals surface area contributed by atoms with E-state index >= 15 is 0 Å². The summed E-state index contributed by atoms with van der Waals surface area (Å²) in [5, 5.41) is 3.11. The van der Waals surface area contributed by atoms with Crippen molar-refractivity contribution >= 4 is 11.8 Å². The molecule has 0 aromatic rings. The van der Waals surface area contributed by atoms with Crippen LogP contribution >= 0.6 is 0 Å². The molecule has 3 rings (SSSR count). The Morgan fingerprint density at radius 2 is 1.65 bits per heavy atom. The maximum absolute atomic E-state index is 12.8. The van der Waals surface area contributed by atoms with Crippen molar-refractivity contribution in [3.05, 3.63) is 0 Å². The number of carbonyl (C=O) groups is 2. The van der Waals surface area contributed by atoms with E-state index in [2.05, 4.69) is 24.1 Å². The van der Waals surface area contributed by atoms with Gasteiger partial charge in [0.05, 0.1) is 0 Å². The molecule has 2 heterocycles. The molecular formula is C21H37N3O2. The Labute approximate surface area is 158 Å². The first-order chi connectivity index (χ1) is 12.5. The first-order valence-corrected chi connectivity index (χ1v) is 10.8. The summed E-state index contributed by atoms with van der Waals surface area (Å²) in [6.45, 7) is 9.27. The van der Waals surface area contributed by atoms with Gasteiger partial charge in [-0.25, -0.2) is 0 Å². The van der Waals surface area contributed by atoms with Gasteiger partial charge in [0.25, 0.3) is 0 Å². The third-order valence-electron chi connectivity index (χ3n) is 6.46. The average molecular weight is 364 g/mol. The number of piperidine rings is 1. The molecule has 0 aromatic carbocycles. The minimum atomic E-state index is -0.233. The number of rotatable bonds is 5. The van der Waals surface area contributed by atoms with E-state index in [1.54, 1.807) is 0 Å². The highest BCUT2D eigenvalue weighted by atomic mass is 16.2. The summed E-state index contributed by atoms with van der Waals surface area (Å²) in [7, 11) is 0. The third-order valence-corrected chi connectivity index (χ3v) is 6.46. The van der Waals surface area contributed by atoms with E-state index in [1.165, 1.54) is 12.8 Å². The van der Waals surface area contributed by atoms with Crippen LogP contribution in [-0.2, 0) is 9.59 Å². The van der Waals surface area contributed by atoms with Gasteiger partial charge in [-0.2, -0.15) is 0 Å². The number of amides is 2. The summed E-state index contributed by atoms with van der Waals surface area (Å²) in [6.07, 6.45) is 8.68. The van der Waals surface area contributed by atoms with Crippen molar-refractivity contribution in [2.75, 3.05) is 32.7 Å². The molecule has 5 nitrogen and oxygen atoms in total. The number of hydrogen-bond donors (Lipinski definition) is 1. The Kier molecular flexibility index (Phi) is 6.96. The zero-order chi connectivity index (χ0) is 18.5. The van der Waals surface area contributed by atoms with Gasteiger partial charge >= 0.3 is 0 Å². The molecule has 2 saturated heterocycles. The zero-order valence-electron chi connectivity index (χ0n) is 16.7. The lowest BCUT2D eigenvalue weighted by molar-refractivity contribution is -0.142. The molecule has 0 radical (unpaired) electrons. The predicted octanol–water partition coefficient (Wildman–Crippen LogP) is 2.65. The van der Waals surface area contributed by atoms with Crippen molar-refractivity contribution in [1.29, 1.82) is 0 Å². The van der Waals surface area contributed by atoms with Crippen LogP contribution in [0, 0.1) is 17.8 Å². The van der Waals surface area contributed by atoms with E-state index in [-0.39, 0.29) is 23.8 Å². The van der Waals surface area contributed by atoms with E-state index in [1.807, 2.05) is 4.90 Å². The summed E-state index contributed by atoms with van der Waals surface area (Å²) in [6, 6.07) is -0.233. The number of nitrogens with one attached hydrogen (secondary N) is 1. The van der Waals surface area contributed by atoms with Gasteiger partial charge in [-0.1, -0.05) is 33.1 Å². The molecule has 0 aromatic heterocycles. The molecule has 3 aliphatic rings. The van der Waals surface area contributed by atoms with Crippen molar-refractivity contribution in [2.24, 2.45) is 17.8 Å². The van der Waals surface area contributed by atoms with Crippen LogP contribution in [0.2, 0.25) is 0 Å². The summed E-state index contributed by atoms with van der Waals surface area (Å²) >= 11 is 0. The van der Waals surface area contributed by atoms with Gasteiger partial charge in [0, 0.05) is 38.6 Å². The Hall–Kier alpha value is -1.10. The van der Waals surface area contributed by atoms with Crippen LogP contribution in [0.1, 0.15) is 65.2 Å². The standard InChI is InChI=1S/C21H37N3O2/c1-16-13-17(2)15-23(14-16)12-10-22-20(25)19-9-6-11-24(19)21(26)18-7-4-3-5-8-18/h16-19H,3-15H2,1-2H3,(H,22,25). The normalized spacial score (nSPS) is 31.2. The summed E-state index contributed by atoms with van der Waals surface area (Å²) in [5.41, 5.74) is 0. The largest absolute Gasteiger partial charge is 0.353 e. The molecule has 1 saturated carbocycles. The summed E-state index contributed by atoms with van der Waals surface area (Å²) in [5.74, 6) is 1.94. The van der Waals surface area contributed by atoms with Gasteiger partial charge in [-0.15, -0.1) is 0 Å². The molecule has 3 fully saturated rings. The fraction of sp³-hybridized carbons (Fsp3) is 0.905. The summed E-state index contributed by atoms with van der Waals surface area (Å²) in [4.78, 5) is 29.9. The molecule has 0 bridgehead atoms. The van der Waals surface area contributed by atoms with Gasteiger partial charge < -0.3 is 15.1 Å². The lowest BCUT2D eigenvalue weighted by Crippen LogP contribution is -2.50. The molecule has 3 atom stereocenters. The highest BCUT2D eigenvalue weighted by Crippen LogP contribution is 2.28. The molecule has 2 aliphatic heterocycles. The van der Waals surface area contributed by atoms with E-state index < -0.39 is 0 Å². The number of carbonyl (C=O) groups excluding carboxylic acids is 2. The predicted molar refractivity (Wildman–Crippen MR) is 104 cm³/mol. The van der Waals surface area contributed by atoms with E-state index in [9.17, 15) is 9.59 Å². The molecule has 26 heavy (non-hydrogen) atoms. The van der Waals surface area contributed by atoms with Crippen LogP contribution in [-0.4, -0.2) is 60.4 Å². The van der Waals surface area contributed by atoms with Crippen molar-refractivity contribution in [2.45, 2.75) is 71.3 Å². The molecule has 5 heteroatoms. The third kappa shape index (κ3) is 4.99. The SMILES string of the molecule is CC1CC(C)CN(CCNC(=O)C2CCCN2C(=O)C2CCCCC2)C1. The Bertz CT molecular complexity index is 480.